The third-order valence-corrected chi connectivity index (χ3v) is 1.93. The Morgan fingerprint density at radius 2 is 1.83 bits per heavy atom. The minimum absolute atomic E-state index is 0.694. The van der Waals surface area contributed by atoms with Crippen molar-refractivity contribution >= 4 is 5.95 Å². The monoisotopic (exact) mass is 164 g/mol. The molecule has 0 aromatic carbocycles. The van der Waals surface area contributed by atoms with Crippen LogP contribution in [0.1, 0.15) is 12.8 Å². The number of nitrogens with zero attached hydrogens (tertiary/aromatic N) is 3. The van der Waals surface area contributed by atoms with Gasteiger partial charge in [-0.2, -0.15) is 0 Å². The zero-order valence-corrected chi connectivity index (χ0v) is 6.90. The van der Waals surface area contributed by atoms with Crippen molar-refractivity contribution in [3.63, 3.8) is 0 Å². The van der Waals surface area contributed by atoms with Gasteiger partial charge in [-0.1, -0.05) is 0 Å². The lowest BCUT2D eigenvalue weighted by molar-refractivity contribution is 0.406. The lowest BCUT2D eigenvalue weighted by Gasteiger charge is -2.15. The summed E-state index contributed by atoms with van der Waals surface area (Å²) in [7, 11) is 0. The fourth-order valence-electron chi connectivity index (χ4n) is 1.33. The molecule has 0 aliphatic carbocycles. The highest BCUT2D eigenvalue weighted by molar-refractivity contribution is 5.20. The van der Waals surface area contributed by atoms with Crippen LogP contribution in [0.3, 0.4) is 0 Å². The summed E-state index contributed by atoms with van der Waals surface area (Å²) >= 11 is 0. The molecule has 0 radical (unpaired) electrons. The zero-order chi connectivity index (χ0) is 8.23. The van der Waals surface area contributed by atoms with Gasteiger partial charge in [0.2, 0.25) is 5.95 Å². The summed E-state index contributed by atoms with van der Waals surface area (Å²) in [6, 6.07) is 1.81. The Labute approximate surface area is 71.6 Å². The summed E-state index contributed by atoms with van der Waals surface area (Å²) in [6.07, 6.45) is 6.01. The van der Waals surface area contributed by atoms with Gasteiger partial charge in [0.1, 0.15) is 0 Å². The molecule has 64 valence electrons. The van der Waals surface area contributed by atoms with Gasteiger partial charge in [-0.25, -0.2) is 15.0 Å². The van der Waals surface area contributed by atoms with E-state index in [1.807, 2.05) is 6.07 Å². The van der Waals surface area contributed by atoms with Crippen LogP contribution < -0.4 is 5.43 Å². The first-order valence-electron chi connectivity index (χ1n) is 4.24. The molecular formula is C8H12N4. The highest BCUT2D eigenvalue weighted by Crippen LogP contribution is 2.07. The van der Waals surface area contributed by atoms with Crippen LogP contribution in [0.5, 0.6) is 0 Å². The molecule has 1 aromatic heterocycles. The largest absolute Gasteiger partial charge is 0.287 e. The van der Waals surface area contributed by atoms with Crippen LogP contribution in [-0.2, 0) is 0 Å². The van der Waals surface area contributed by atoms with Crippen LogP contribution in [0.2, 0.25) is 0 Å². The van der Waals surface area contributed by atoms with Crippen molar-refractivity contribution in [3.8, 4) is 0 Å². The number of hydrazine groups is 1. The minimum atomic E-state index is 0.694. The molecule has 0 spiro atoms. The molecule has 0 amide bonds. The Balaban J connectivity index is 1.94. The second-order valence-corrected chi connectivity index (χ2v) is 2.88. The normalized spacial score (nSPS) is 18.0. The van der Waals surface area contributed by atoms with Gasteiger partial charge in [0, 0.05) is 25.5 Å². The molecule has 0 bridgehead atoms. The van der Waals surface area contributed by atoms with Gasteiger partial charge in [-0.15, -0.1) is 0 Å². The maximum atomic E-state index is 4.08. The van der Waals surface area contributed by atoms with Crippen molar-refractivity contribution in [3.05, 3.63) is 18.5 Å². The lowest BCUT2D eigenvalue weighted by atomic mass is 10.4. The van der Waals surface area contributed by atoms with Gasteiger partial charge in [0.05, 0.1) is 0 Å². The number of hydrogen-bond acceptors (Lipinski definition) is 4. The maximum absolute atomic E-state index is 4.08. The van der Waals surface area contributed by atoms with Crippen LogP contribution in [0.25, 0.3) is 0 Å². The third kappa shape index (κ3) is 1.71. The van der Waals surface area contributed by atoms with Crippen molar-refractivity contribution in [1.82, 2.24) is 15.0 Å². The Bertz CT molecular complexity index is 230. The lowest BCUT2D eigenvalue weighted by Crippen LogP contribution is -2.27. The zero-order valence-electron chi connectivity index (χ0n) is 6.90. The standard InChI is InChI=1S/C8H12N4/c1-2-7-12(6-1)11-8-9-4-3-5-10-8/h3-5H,1-2,6-7H2,(H,9,10,11). The first-order chi connectivity index (χ1) is 5.95. The predicted octanol–water partition coefficient (Wildman–Crippen LogP) is 0.899. The van der Waals surface area contributed by atoms with Gasteiger partial charge >= 0.3 is 0 Å². The van der Waals surface area contributed by atoms with E-state index in [0.717, 1.165) is 13.1 Å². The summed E-state index contributed by atoms with van der Waals surface area (Å²) < 4.78 is 0. The van der Waals surface area contributed by atoms with Crippen molar-refractivity contribution < 1.29 is 0 Å². The minimum Gasteiger partial charge on any atom is -0.287 e. The second kappa shape index (κ2) is 3.49. The maximum Gasteiger partial charge on any atom is 0.237 e. The molecule has 2 rings (SSSR count). The van der Waals surface area contributed by atoms with Crippen LogP contribution in [0, 0.1) is 0 Å². The van der Waals surface area contributed by atoms with E-state index in [4.69, 9.17) is 0 Å². The van der Waals surface area contributed by atoms with E-state index >= 15 is 0 Å². The van der Waals surface area contributed by atoms with Crippen molar-refractivity contribution in [1.29, 1.82) is 0 Å². The van der Waals surface area contributed by atoms with Gasteiger partial charge in [0.25, 0.3) is 0 Å². The number of anilines is 1. The molecule has 4 nitrogen and oxygen atoms in total. The smallest absolute Gasteiger partial charge is 0.237 e. The van der Waals surface area contributed by atoms with Crippen molar-refractivity contribution in [2.45, 2.75) is 12.8 Å². The van der Waals surface area contributed by atoms with E-state index in [9.17, 15) is 0 Å². The molecule has 0 atom stereocenters. The summed E-state index contributed by atoms with van der Waals surface area (Å²) in [4.78, 5) is 8.16. The molecule has 12 heavy (non-hydrogen) atoms. The van der Waals surface area contributed by atoms with Gasteiger partial charge in [-0.05, 0) is 18.9 Å². The molecule has 2 heterocycles. The summed E-state index contributed by atoms with van der Waals surface area (Å²) in [6.45, 7) is 2.19. The molecule has 4 heteroatoms. The molecule has 0 saturated carbocycles. The van der Waals surface area contributed by atoms with E-state index in [1.54, 1.807) is 12.4 Å². The highest BCUT2D eigenvalue weighted by Gasteiger charge is 2.11. The molecule has 0 unspecified atom stereocenters. The molecule has 1 N–H and O–H groups in total. The van der Waals surface area contributed by atoms with E-state index in [-0.39, 0.29) is 0 Å². The Morgan fingerprint density at radius 3 is 2.50 bits per heavy atom. The molecule has 1 aliphatic rings. The van der Waals surface area contributed by atoms with E-state index in [1.165, 1.54) is 12.8 Å². The molecule has 1 aromatic rings. The average molecular weight is 164 g/mol. The Kier molecular flexibility index (Phi) is 2.18. The average Bonchev–Trinajstić information content (AvgIpc) is 2.59. The highest BCUT2D eigenvalue weighted by atomic mass is 15.5. The Morgan fingerprint density at radius 1 is 1.17 bits per heavy atom. The predicted molar refractivity (Wildman–Crippen MR) is 46.5 cm³/mol. The number of hydrogen-bond donors (Lipinski definition) is 1. The second-order valence-electron chi connectivity index (χ2n) is 2.88. The molecular weight excluding hydrogens is 152 g/mol. The molecule has 1 saturated heterocycles. The fourth-order valence-corrected chi connectivity index (χ4v) is 1.33. The van der Waals surface area contributed by atoms with Gasteiger partial charge in [-0.3, -0.25) is 5.43 Å². The summed E-state index contributed by atoms with van der Waals surface area (Å²) in [5.74, 6) is 0.694. The summed E-state index contributed by atoms with van der Waals surface area (Å²) in [5, 5.41) is 2.15. The van der Waals surface area contributed by atoms with Crippen molar-refractivity contribution in [2.75, 3.05) is 18.5 Å². The number of rotatable bonds is 2. The van der Waals surface area contributed by atoms with Crippen LogP contribution in [0.15, 0.2) is 18.5 Å². The van der Waals surface area contributed by atoms with Gasteiger partial charge < -0.3 is 0 Å². The first-order valence-corrected chi connectivity index (χ1v) is 4.24. The quantitative estimate of drug-likeness (QED) is 0.705. The topological polar surface area (TPSA) is 41.1 Å². The van der Waals surface area contributed by atoms with Crippen molar-refractivity contribution in [2.24, 2.45) is 0 Å². The van der Waals surface area contributed by atoms with Crippen LogP contribution >= 0.6 is 0 Å². The van der Waals surface area contributed by atoms with E-state index in [0.29, 0.717) is 5.95 Å². The number of aromatic nitrogens is 2. The summed E-state index contributed by atoms with van der Waals surface area (Å²) in [5.41, 5.74) is 3.15. The van der Waals surface area contributed by atoms with Gasteiger partial charge in [0.15, 0.2) is 0 Å². The SMILES string of the molecule is c1cnc(NN2CCCC2)nc1. The first kappa shape index (κ1) is 7.49. The van der Waals surface area contributed by atoms with E-state index in [2.05, 4.69) is 20.4 Å². The molecule has 1 fully saturated rings. The Hall–Kier alpha value is -1.16. The number of nitrogens with one attached hydrogen (secondary N) is 1. The molecule has 1 aliphatic heterocycles. The van der Waals surface area contributed by atoms with E-state index < -0.39 is 0 Å². The van der Waals surface area contributed by atoms with Crippen LogP contribution in [0.4, 0.5) is 5.95 Å². The van der Waals surface area contributed by atoms with Crippen LogP contribution in [-0.4, -0.2) is 28.1 Å². The third-order valence-electron chi connectivity index (χ3n) is 1.93. The fraction of sp³-hybridized carbons (Fsp3) is 0.500.